The lowest BCUT2D eigenvalue weighted by Crippen LogP contribution is -2.36. The summed E-state index contributed by atoms with van der Waals surface area (Å²) < 4.78 is 46.7. The highest BCUT2D eigenvalue weighted by atomic mass is 35.5. The Labute approximate surface area is 198 Å². The lowest BCUT2D eigenvalue weighted by molar-refractivity contribution is 0.103. The van der Waals surface area contributed by atoms with Crippen LogP contribution < -0.4 is 9.47 Å². The van der Waals surface area contributed by atoms with Crippen molar-refractivity contribution in [3.63, 3.8) is 0 Å². The van der Waals surface area contributed by atoms with Crippen molar-refractivity contribution in [3.05, 3.63) is 70.0 Å². The highest BCUT2D eigenvalue weighted by Gasteiger charge is 2.34. The zero-order chi connectivity index (χ0) is 23.6. The topological polar surface area (TPSA) is 82.9 Å². The van der Waals surface area contributed by atoms with Gasteiger partial charge >= 0.3 is 0 Å². The molecule has 0 bridgehead atoms. The second kappa shape index (κ2) is 9.72. The van der Waals surface area contributed by atoms with Gasteiger partial charge < -0.3 is 14.2 Å². The van der Waals surface area contributed by atoms with E-state index in [9.17, 15) is 8.42 Å². The molecule has 0 aliphatic carbocycles. The van der Waals surface area contributed by atoms with Gasteiger partial charge in [-0.05, 0) is 29.8 Å². The largest absolute Gasteiger partial charge is 0.497 e. The summed E-state index contributed by atoms with van der Waals surface area (Å²) in [5, 5.41) is 5.26. The van der Waals surface area contributed by atoms with E-state index >= 15 is 0 Å². The Morgan fingerprint density at radius 2 is 1.82 bits per heavy atom. The van der Waals surface area contributed by atoms with Crippen molar-refractivity contribution in [1.29, 1.82) is 0 Å². The molecule has 33 heavy (non-hydrogen) atoms. The van der Waals surface area contributed by atoms with Crippen molar-refractivity contribution >= 4 is 21.6 Å². The third-order valence-corrected chi connectivity index (χ3v) is 7.82. The van der Waals surface area contributed by atoms with E-state index in [-0.39, 0.29) is 23.8 Å². The fraction of sp³-hybridized carbons (Fsp3) is 0.348. The third-order valence-electron chi connectivity index (χ3n) is 5.70. The average Bonchev–Trinajstić information content (AvgIpc) is 3.14. The molecule has 0 spiro atoms. The normalized spacial score (nSPS) is 14.2. The van der Waals surface area contributed by atoms with Crippen LogP contribution in [0.1, 0.15) is 22.5 Å². The van der Waals surface area contributed by atoms with E-state index in [0.29, 0.717) is 30.3 Å². The Morgan fingerprint density at radius 1 is 1.06 bits per heavy atom. The minimum absolute atomic E-state index is 0.0808. The van der Waals surface area contributed by atoms with Gasteiger partial charge in [-0.2, -0.15) is 9.40 Å². The summed E-state index contributed by atoms with van der Waals surface area (Å²) in [5.74, 6) is 0.726. The van der Waals surface area contributed by atoms with Crippen LogP contribution in [-0.2, 0) is 48.0 Å². The van der Waals surface area contributed by atoms with Crippen LogP contribution in [0, 0.1) is 0 Å². The Bertz CT molecular complexity index is 1240. The van der Waals surface area contributed by atoms with E-state index in [2.05, 4.69) is 5.10 Å². The molecule has 3 aromatic rings. The van der Waals surface area contributed by atoms with Crippen molar-refractivity contribution in [3.8, 4) is 11.5 Å². The zero-order valence-electron chi connectivity index (χ0n) is 18.7. The minimum atomic E-state index is -3.82. The Balaban J connectivity index is 1.55. The van der Waals surface area contributed by atoms with Crippen LogP contribution in [0.4, 0.5) is 0 Å². The number of fused-ring (bicyclic) bond motifs is 1. The van der Waals surface area contributed by atoms with Gasteiger partial charge in [-0.1, -0.05) is 23.7 Å². The highest BCUT2D eigenvalue weighted by molar-refractivity contribution is 7.89. The number of halogens is 1. The summed E-state index contributed by atoms with van der Waals surface area (Å²) >= 11 is 5.93. The lowest BCUT2D eigenvalue weighted by atomic mass is 10.1. The fourth-order valence-corrected chi connectivity index (χ4v) is 5.64. The molecular formula is C23H26ClN3O5S. The summed E-state index contributed by atoms with van der Waals surface area (Å²) in [7, 11) is 1.00. The highest BCUT2D eigenvalue weighted by Crippen LogP contribution is 2.33. The van der Waals surface area contributed by atoms with E-state index < -0.39 is 10.0 Å². The first-order valence-electron chi connectivity index (χ1n) is 10.4. The van der Waals surface area contributed by atoms with Gasteiger partial charge in [0, 0.05) is 48.9 Å². The van der Waals surface area contributed by atoms with Gasteiger partial charge in [0.15, 0.2) is 0 Å². The van der Waals surface area contributed by atoms with E-state index in [0.717, 1.165) is 22.5 Å². The molecule has 4 rings (SSSR count). The number of rotatable bonds is 8. The first-order chi connectivity index (χ1) is 15.8. The molecule has 0 amide bonds. The van der Waals surface area contributed by atoms with Crippen molar-refractivity contribution in [2.45, 2.75) is 31.1 Å². The molecule has 0 saturated carbocycles. The summed E-state index contributed by atoms with van der Waals surface area (Å²) in [6.45, 7) is 1.25. The standard InChI is InChI=1S/C23H26ClN3O5S/c1-26-21-10-11-27(33(28,29)23-12-18(30-2)8-9-22(23)31-3)13-19(21)20(25-26)15-32-14-16-4-6-17(24)7-5-16/h4-9,12H,10-11,13-15H2,1-3H3. The van der Waals surface area contributed by atoms with Gasteiger partial charge in [-0.15, -0.1) is 0 Å². The zero-order valence-corrected chi connectivity index (χ0v) is 20.3. The average molecular weight is 492 g/mol. The molecule has 0 fully saturated rings. The molecule has 8 nitrogen and oxygen atoms in total. The van der Waals surface area contributed by atoms with Crippen LogP contribution in [0.5, 0.6) is 11.5 Å². The molecule has 1 aromatic heterocycles. The number of aryl methyl sites for hydroxylation is 1. The summed E-state index contributed by atoms with van der Waals surface area (Å²) in [6, 6.07) is 12.2. The first-order valence-corrected chi connectivity index (χ1v) is 12.2. The number of nitrogens with zero attached hydrogens (tertiary/aromatic N) is 3. The Morgan fingerprint density at radius 3 is 2.52 bits per heavy atom. The molecule has 0 radical (unpaired) electrons. The number of benzene rings is 2. The van der Waals surface area contributed by atoms with Crippen LogP contribution in [0.15, 0.2) is 47.4 Å². The second-order valence-corrected chi connectivity index (χ2v) is 10.1. The number of aromatic nitrogens is 2. The molecule has 0 saturated heterocycles. The van der Waals surface area contributed by atoms with Crippen LogP contribution in [0.25, 0.3) is 0 Å². The minimum Gasteiger partial charge on any atom is -0.497 e. The molecule has 1 aliphatic heterocycles. The van der Waals surface area contributed by atoms with Crippen LogP contribution in [0.3, 0.4) is 0 Å². The smallest absolute Gasteiger partial charge is 0.247 e. The summed E-state index contributed by atoms with van der Waals surface area (Å²) in [4.78, 5) is 0.0808. The predicted molar refractivity (Wildman–Crippen MR) is 124 cm³/mol. The van der Waals surface area contributed by atoms with Crippen LogP contribution >= 0.6 is 11.6 Å². The molecule has 2 aromatic carbocycles. The molecule has 0 atom stereocenters. The molecule has 176 valence electrons. The van der Waals surface area contributed by atoms with Gasteiger partial charge in [0.05, 0.1) is 33.1 Å². The van der Waals surface area contributed by atoms with Gasteiger partial charge in [-0.3, -0.25) is 4.68 Å². The van der Waals surface area contributed by atoms with Crippen molar-refractivity contribution < 1.29 is 22.6 Å². The van der Waals surface area contributed by atoms with Gasteiger partial charge in [-0.25, -0.2) is 8.42 Å². The number of ether oxygens (including phenoxy) is 3. The summed E-state index contributed by atoms with van der Waals surface area (Å²) in [6.07, 6.45) is 0.557. The van der Waals surface area contributed by atoms with E-state index in [1.807, 2.05) is 36.0 Å². The number of methoxy groups -OCH3 is 2. The molecule has 2 heterocycles. The monoisotopic (exact) mass is 491 g/mol. The van der Waals surface area contributed by atoms with Crippen molar-refractivity contribution in [2.24, 2.45) is 7.05 Å². The van der Waals surface area contributed by atoms with Gasteiger partial charge in [0.1, 0.15) is 16.4 Å². The van der Waals surface area contributed by atoms with Crippen LogP contribution in [-0.4, -0.2) is 43.3 Å². The maximum Gasteiger partial charge on any atom is 0.247 e. The Hall–Kier alpha value is -2.59. The molecule has 0 unspecified atom stereocenters. The van der Waals surface area contributed by atoms with Crippen molar-refractivity contribution in [1.82, 2.24) is 14.1 Å². The first kappa shape index (κ1) is 23.6. The quantitative estimate of drug-likeness (QED) is 0.479. The third kappa shape index (κ3) is 4.86. The molecule has 1 aliphatic rings. The van der Waals surface area contributed by atoms with E-state index in [4.69, 9.17) is 25.8 Å². The fourth-order valence-electron chi connectivity index (χ4n) is 3.94. The molecule has 10 heteroatoms. The lowest BCUT2D eigenvalue weighted by Gasteiger charge is -2.27. The number of sulfonamides is 1. The van der Waals surface area contributed by atoms with Gasteiger partial charge in [0.25, 0.3) is 0 Å². The van der Waals surface area contributed by atoms with E-state index in [1.165, 1.54) is 24.6 Å². The number of hydrogen-bond donors (Lipinski definition) is 0. The van der Waals surface area contributed by atoms with Crippen molar-refractivity contribution in [2.75, 3.05) is 20.8 Å². The summed E-state index contributed by atoms with van der Waals surface area (Å²) in [5.41, 5.74) is 3.63. The maximum atomic E-state index is 13.5. The number of hydrogen-bond acceptors (Lipinski definition) is 6. The van der Waals surface area contributed by atoms with Gasteiger partial charge in [0.2, 0.25) is 10.0 Å². The van der Waals surface area contributed by atoms with Crippen LogP contribution in [0.2, 0.25) is 5.02 Å². The van der Waals surface area contributed by atoms with E-state index in [1.54, 1.807) is 12.1 Å². The second-order valence-electron chi connectivity index (χ2n) is 7.72. The maximum absolute atomic E-state index is 13.5. The predicted octanol–water partition coefficient (Wildman–Crippen LogP) is 3.55. The molecule has 0 N–H and O–H groups in total. The molecular weight excluding hydrogens is 466 g/mol. The Kier molecular flexibility index (Phi) is 6.94. The SMILES string of the molecule is COc1ccc(OC)c(S(=O)(=O)N2CCc3c(c(COCc4ccc(Cl)cc4)nn3C)C2)c1.